The maximum absolute atomic E-state index is 10.5. The molecule has 28 heavy (non-hydrogen) atoms. The first kappa shape index (κ1) is 22.6. The highest BCUT2D eigenvalue weighted by Gasteiger charge is 2.12. The van der Waals surface area contributed by atoms with Crippen molar-refractivity contribution in [3.8, 4) is 11.5 Å². The molecule has 0 saturated carbocycles. The highest BCUT2D eigenvalue weighted by molar-refractivity contribution is 5.74. The molecule has 0 amide bonds. The van der Waals surface area contributed by atoms with E-state index in [-0.39, 0.29) is 0 Å². The van der Waals surface area contributed by atoms with Crippen molar-refractivity contribution in [3.05, 3.63) is 42.0 Å². The number of benzene rings is 1. The molecule has 0 spiro atoms. The molecule has 1 aliphatic rings. The highest BCUT2D eigenvalue weighted by Crippen LogP contribution is 2.37. The summed E-state index contributed by atoms with van der Waals surface area (Å²) in [5, 5.41) is 10.5. The van der Waals surface area contributed by atoms with Crippen molar-refractivity contribution in [3.63, 3.8) is 0 Å². The van der Waals surface area contributed by atoms with Crippen LogP contribution in [0.4, 0.5) is 0 Å². The highest BCUT2D eigenvalue weighted by atomic mass is 16.5. The van der Waals surface area contributed by atoms with E-state index in [2.05, 4.69) is 25.2 Å². The quantitative estimate of drug-likeness (QED) is 0.309. The monoisotopic (exact) mass is 384 g/mol. The lowest BCUT2D eigenvalue weighted by Gasteiger charge is -2.14. The zero-order chi connectivity index (χ0) is 19.9. The average Bonchev–Trinajstić information content (AvgIpc) is 2.73. The Morgan fingerprint density at radius 1 is 0.857 bits per heavy atom. The fourth-order valence-corrected chi connectivity index (χ4v) is 3.85. The second-order valence-corrected chi connectivity index (χ2v) is 8.05. The molecule has 0 unspecified atom stereocenters. The van der Waals surface area contributed by atoms with Crippen molar-refractivity contribution in [1.82, 2.24) is 0 Å². The largest absolute Gasteiger partial charge is 0.504 e. The first-order chi connectivity index (χ1) is 13.8. The maximum Gasteiger partial charge on any atom is 0.165 e. The molecule has 2 rings (SSSR count). The van der Waals surface area contributed by atoms with E-state index in [1.807, 2.05) is 18.2 Å². The molecule has 0 bridgehead atoms. The number of ether oxygens (including phenoxy) is 1. The average molecular weight is 385 g/mol. The Labute approximate surface area is 172 Å². The van der Waals surface area contributed by atoms with Crippen LogP contribution in [0.2, 0.25) is 0 Å². The molecular weight excluding hydrogens is 344 g/mol. The number of phenols is 1. The fraction of sp³-hybridized carbons (Fsp3) is 0.615. The molecule has 1 aromatic carbocycles. The topological polar surface area (TPSA) is 29.5 Å². The van der Waals surface area contributed by atoms with E-state index in [1.54, 1.807) is 0 Å². The smallest absolute Gasteiger partial charge is 0.165 e. The Morgan fingerprint density at radius 2 is 1.50 bits per heavy atom. The molecule has 1 aliphatic carbocycles. The summed E-state index contributed by atoms with van der Waals surface area (Å²) in [5.74, 6) is 0.916. The number of unbranched alkanes of at least 4 members (excludes halogenated alkanes) is 11. The first-order valence-corrected chi connectivity index (χ1v) is 11.6. The van der Waals surface area contributed by atoms with Crippen LogP contribution in [-0.4, -0.2) is 11.7 Å². The molecule has 0 heterocycles. The number of para-hydroxylation sites is 1. The third-order valence-corrected chi connectivity index (χ3v) is 5.61. The summed E-state index contributed by atoms with van der Waals surface area (Å²) in [5.41, 5.74) is 2.10. The minimum Gasteiger partial charge on any atom is -0.504 e. The SMILES string of the molecule is CCCCCCCCCCCCCCOc1cccc(C2=CC=CCC2)c1O. The fourth-order valence-electron chi connectivity index (χ4n) is 3.85. The van der Waals surface area contributed by atoms with Gasteiger partial charge in [0.05, 0.1) is 6.61 Å². The molecule has 0 aromatic heterocycles. The van der Waals surface area contributed by atoms with Crippen LogP contribution in [0, 0.1) is 0 Å². The number of hydrogen-bond donors (Lipinski definition) is 1. The van der Waals surface area contributed by atoms with Gasteiger partial charge in [-0.25, -0.2) is 0 Å². The standard InChI is InChI=1S/C26H40O2/c1-2-3-4-5-6-7-8-9-10-11-12-16-22-28-25-21-17-20-24(26(25)27)23-18-14-13-15-19-23/h13-14,17-18,20-21,27H,2-12,15-16,19,22H2,1H3. The summed E-state index contributed by atoms with van der Waals surface area (Å²) >= 11 is 0. The third-order valence-electron chi connectivity index (χ3n) is 5.61. The zero-order valence-electron chi connectivity index (χ0n) is 17.9. The van der Waals surface area contributed by atoms with E-state index >= 15 is 0 Å². The minimum absolute atomic E-state index is 0.294. The van der Waals surface area contributed by atoms with Gasteiger partial charge in [0.25, 0.3) is 0 Å². The van der Waals surface area contributed by atoms with Crippen molar-refractivity contribution in [2.24, 2.45) is 0 Å². The van der Waals surface area contributed by atoms with Gasteiger partial charge in [0.15, 0.2) is 11.5 Å². The van der Waals surface area contributed by atoms with Gasteiger partial charge in [-0.2, -0.15) is 0 Å². The van der Waals surface area contributed by atoms with E-state index in [1.165, 1.54) is 76.2 Å². The van der Waals surface area contributed by atoms with Crippen LogP contribution < -0.4 is 4.74 Å². The van der Waals surface area contributed by atoms with Gasteiger partial charge in [-0.15, -0.1) is 0 Å². The summed E-state index contributed by atoms with van der Waals surface area (Å²) in [7, 11) is 0. The van der Waals surface area contributed by atoms with Gasteiger partial charge >= 0.3 is 0 Å². The predicted octanol–water partition coefficient (Wildman–Crippen LogP) is 8.21. The molecule has 0 aliphatic heterocycles. The predicted molar refractivity (Wildman–Crippen MR) is 121 cm³/mol. The number of rotatable bonds is 15. The molecule has 2 heteroatoms. The normalized spacial score (nSPS) is 13.5. The number of aromatic hydroxyl groups is 1. The summed E-state index contributed by atoms with van der Waals surface area (Å²) in [6.07, 6.45) is 24.4. The van der Waals surface area contributed by atoms with Gasteiger partial charge in [0, 0.05) is 5.56 Å². The van der Waals surface area contributed by atoms with Gasteiger partial charge in [-0.1, -0.05) is 108 Å². The minimum atomic E-state index is 0.294. The Kier molecular flexibility index (Phi) is 11.6. The summed E-state index contributed by atoms with van der Waals surface area (Å²) in [6.45, 7) is 2.96. The van der Waals surface area contributed by atoms with Crippen LogP contribution in [0.1, 0.15) is 102 Å². The molecule has 1 N–H and O–H groups in total. The van der Waals surface area contributed by atoms with Gasteiger partial charge in [-0.3, -0.25) is 0 Å². The lowest BCUT2D eigenvalue weighted by Crippen LogP contribution is -1.99. The lowest BCUT2D eigenvalue weighted by molar-refractivity contribution is 0.288. The number of phenolic OH excluding ortho intramolecular Hbond substituents is 1. The summed E-state index contributed by atoms with van der Waals surface area (Å²) in [4.78, 5) is 0. The van der Waals surface area contributed by atoms with Crippen molar-refractivity contribution >= 4 is 5.57 Å². The van der Waals surface area contributed by atoms with Gasteiger partial charge < -0.3 is 9.84 Å². The Balaban J connectivity index is 1.53. The molecule has 0 atom stereocenters. The summed E-state index contributed by atoms with van der Waals surface area (Å²) in [6, 6.07) is 5.83. The number of allylic oxidation sites excluding steroid dienone is 4. The first-order valence-electron chi connectivity index (χ1n) is 11.6. The maximum atomic E-state index is 10.5. The van der Waals surface area contributed by atoms with Gasteiger partial charge in [0.1, 0.15) is 0 Å². The Morgan fingerprint density at radius 3 is 2.11 bits per heavy atom. The molecule has 1 aromatic rings. The van der Waals surface area contributed by atoms with Crippen LogP contribution in [0.3, 0.4) is 0 Å². The molecule has 0 saturated heterocycles. The van der Waals surface area contributed by atoms with Crippen LogP contribution in [0.15, 0.2) is 36.4 Å². The molecule has 0 fully saturated rings. The van der Waals surface area contributed by atoms with Crippen LogP contribution in [0.25, 0.3) is 5.57 Å². The van der Waals surface area contributed by atoms with E-state index in [9.17, 15) is 5.11 Å². The molecule has 156 valence electrons. The summed E-state index contributed by atoms with van der Waals surface area (Å²) < 4.78 is 5.86. The van der Waals surface area contributed by atoms with E-state index in [0.717, 1.165) is 24.8 Å². The zero-order valence-corrected chi connectivity index (χ0v) is 17.9. The molecule has 2 nitrogen and oxygen atoms in total. The van der Waals surface area contributed by atoms with Crippen molar-refractivity contribution in [2.45, 2.75) is 96.8 Å². The van der Waals surface area contributed by atoms with Crippen molar-refractivity contribution in [1.29, 1.82) is 0 Å². The Hall–Kier alpha value is -1.70. The number of hydrogen-bond acceptors (Lipinski definition) is 2. The van der Waals surface area contributed by atoms with Crippen LogP contribution >= 0.6 is 0 Å². The third kappa shape index (κ3) is 8.54. The van der Waals surface area contributed by atoms with Crippen LogP contribution in [-0.2, 0) is 0 Å². The van der Waals surface area contributed by atoms with Gasteiger partial charge in [0.2, 0.25) is 0 Å². The van der Waals surface area contributed by atoms with E-state index < -0.39 is 0 Å². The second kappa shape index (κ2) is 14.3. The molecule has 0 radical (unpaired) electrons. The van der Waals surface area contributed by atoms with E-state index in [4.69, 9.17) is 4.74 Å². The lowest BCUT2D eigenvalue weighted by atomic mass is 9.96. The van der Waals surface area contributed by atoms with Crippen LogP contribution in [0.5, 0.6) is 11.5 Å². The second-order valence-electron chi connectivity index (χ2n) is 8.05. The van der Waals surface area contributed by atoms with Crippen molar-refractivity contribution in [2.75, 3.05) is 6.61 Å². The van der Waals surface area contributed by atoms with Gasteiger partial charge in [-0.05, 0) is 30.9 Å². The van der Waals surface area contributed by atoms with Crippen molar-refractivity contribution < 1.29 is 9.84 Å². The van der Waals surface area contributed by atoms with E-state index in [0.29, 0.717) is 18.1 Å². The Bertz CT molecular complexity index is 600. The molecular formula is C26H40O2.